The fourth-order valence-electron chi connectivity index (χ4n) is 3.62. The Labute approximate surface area is 161 Å². The third-order valence-electron chi connectivity index (χ3n) is 5.25. The summed E-state index contributed by atoms with van der Waals surface area (Å²) in [5, 5.41) is 22.2. The van der Waals surface area contributed by atoms with Crippen LogP contribution >= 0.6 is 0 Å². The monoisotopic (exact) mass is 381 g/mol. The van der Waals surface area contributed by atoms with Gasteiger partial charge in [-0.2, -0.15) is 0 Å². The predicted octanol–water partition coefficient (Wildman–Crippen LogP) is 2.93. The Kier molecular flexibility index (Phi) is 4.52. The van der Waals surface area contributed by atoms with E-state index in [2.05, 4.69) is 34.0 Å². The first-order chi connectivity index (χ1) is 13.4. The molecule has 0 unspecified atom stereocenters. The second-order valence-electron chi connectivity index (χ2n) is 7.06. The van der Waals surface area contributed by atoms with Gasteiger partial charge in [-0.05, 0) is 36.9 Å². The van der Waals surface area contributed by atoms with Crippen LogP contribution in [0.1, 0.15) is 11.1 Å². The molecule has 0 bridgehead atoms. The largest absolute Gasteiger partial charge is 0.369 e. The highest BCUT2D eigenvalue weighted by atomic mass is 16.6. The van der Waals surface area contributed by atoms with Crippen molar-refractivity contribution in [1.29, 1.82) is 0 Å². The predicted molar refractivity (Wildman–Crippen MR) is 106 cm³/mol. The van der Waals surface area contributed by atoms with Crippen LogP contribution in [-0.4, -0.2) is 53.7 Å². The van der Waals surface area contributed by atoms with Gasteiger partial charge in [0.25, 0.3) is 0 Å². The van der Waals surface area contributed by atoms with Crippen LogP contribution in [-0.2, 0) is 6.42 Å². The maximum Gasteiger partial charge on any atom is 0.346 e. The minimum atomic E-state index is -0.741. The minimum Gasteiger partial charge on any atom is -0.369 e. The van der Waals surface area contributed by atoms with E-state index in [1.165, 1.54) is 18.2 Å². The van der Waals surface area contributed by atoms with Gasteiger partial charge in [0.05, 0.1) is 21.2 Å². The molecule has 9 heteroatoms. The average molecular weight is 381 g/mol. The van der Waals surface area contributed by atoms with E-state index in [0.717, 1.165) is 43.1 Å². The molecule has 1 saturated heterocycles. The molecule has 0 aliphatic carbocycles. The van der Waals surface area contributed by atoms with Crippen LogP contribution in [0.4, 0.5) is 22.7 Å². The summed E-state index contributed by atoms with van der Waals surface area (Å²) in [6.07, 6.45) is 0.548. The summed E-state index contributed by atoms with van der Waals surface area (Å²) in [5.74, 6) is 0. The van der Waals surface area contributed by atoms with E-state index in [4.69, 9.17) is 0 Å². The van der Waals surface area contributed by atoms with Crippen molar-refractivity contribution >= 4 is 28.5 Å². The average Bonchev–Trinajstić information content (AvgIpc) is 3.11. The van der Waals surface area contributed by atoms with Gasteiger partial charge >= 0.3 is 11.4 Å². The molecule has 0 spiro atoms. The molecule has 4 rings (SSSR count). The van der Waals surface area contributed by atoms with Gasteiger partial charge in [0.2, 0.25) is 0 Å². The number of hydrogen-bond acceptors (Lipinski definition) is 7. The van der Waals surface area contributed by atoms with Crippen LogP contribution in [0.15, 0.2) is 41.4 Å². The Bertz CT molecular complexity index is 996. The van der Waals surface area contributed by atoms with Crippen molar-refractivity contribution < 1.29 is 9.85 Å². The number of nitro benzene ring substituents is 2. The van der Waals surface area contributed by atoms with Crippen molar-refractivity contribution in [2.75, 3.05) is 38.1 Å². The van der Waals surface area contributed by atoms with Crippen molar-refractivity contribution in [3.63, 3.8) is 0 Å². The van der Waals surface area contributed by atoms with E-state index in [1.54, 1.807) is 0 Å². The quantitative estimate of drug-likeness (QED) is 0.596. The van der Waals surface area contributed by atoms with Crippen LogP contribution in [0, 0.1) is 20.2 Å². The first-order valence-electron chi connectivity index (χ1n) is 8.99. The lowest BCUT2D eigenvalue weighted by Crippen LogP contribution is -2.44. The van der Waals surface area contributed by atoms with Crippen molar-refractivity contribution in [3.05, 3.63) is 67.8 Å². The fraction of sp³-hybridized carbons (Fsp3) is 0.316. The lowest BCUT2D eigenvalue weighted by Gasteiger charge is -2.34. The van der Waals surface area contributed by atoms with Gasteiger partial charge in [-0.1, -0.05) is 0 Å². The molecule has 2 aliphatic rings. The highest BCUT2D eigenvalue weighted by Crippen LogP contribution is 2.34. The second-order valence-corrected chi connectivity index (χ2v) is 7.06. The SMILES string of the molecule is CN1CCN(c2ccc3c(c2)CC(c2ccc([N+](=O)[O-])c([N+](=O)[O-])c2)=N3)CC1. The molecule has 0 atom stereocenters. The van der Waals surface area contributed by atoms with Crippen LogP contribution in [0.2, 0.25) is 0 Å². The smallest absolute Gasteiger partial charge is 0.346 e. The van der Waals surface area contributed by atoms with Gasteiger partial charge in [-0.25, -0.2) is 0 Å². The number of piperazine rings is 1. The zero-order chi connectivity index (χ0) is 19.8. The van der Waals surface area contributed by atoms with Crippen LogP contribution in [0.3, 0.4) is 0 Å². The van der Waals surface area contributed by atoms with Crippen LogP contribution in [0.5, 0.6) is 0 Å². The summed E-state index contributed by atoms with van der Waals surface area (Å²) < 4.78 is 0. The molecular formula is C19H19N5O4. The number of fused-ring (bicyclic) bond motifs is 1. The Morgan fingerprint density at radius 1 is 0.929 bits per heavy atom. The summed E-state index contributed by atoms with van der Waals surface area (Å²) in [7, 11) is 2.11. The molecule has 2 heterocycles. The molecule has 144 valence electrons. The number of anilines is 1. The molecule has 0 amide bonds. The number of nitrogens with zero attached hydrogens (tertiary/aromatic N) is 5. The zero-order valence-electron chi connectivity index (χ0n) is 15.4. The topological polar surface area (TPSA) is 105 Å². The highest BCUT2D eigenvalue weighted by Gasteiger charge is 2.27. The maximum absolute atomic E-state index is 11.2. The molecule has 9 nitrogen and oxygen atoms in total. The zero-order valence-corrected chi connectivity index (χ0v) is 15.4. The molecule has 2 aromatic rings. The Morgan fingerprint density at radius 2 is 1.64 bits per heavy atom. The Morgan fingerprint density at radius 3 is 2.32 bits per heavy atom. The first-order valence-corrected chi connectivity index (χ1v) is 8.99. The summed E-state index contributed by atoms with van der Waals surface area (Å²) in [6, 6.07) is 10.1. The van der Waals surface area contributed by atoms with Crippen molar-refractivity contribution in [2.45, 2.75) is 6.42 Å². The number of benzene rings is 2. The van der Waals surface area contributed by atoms with Crippen molar-refractivity contribution in [1.82, 2.24) is 4.90 Å². The molecule has 0 saturated carbocycles. The van der Waals surface area contributed by atoms with Gasteiger partial charge < -0.3 is 9.80 Å². The van der Waals surface area contributed by atoms with E-state index >= 15 is 0 Å². The van der Waals surface area contributed by atoms with E-state index in [-0.39, 0.29) is 0 Å². The maximum atomic E-state index is 11.2. The van der Waals surface area contributed by atoms with E-state index in [9.17, 15) is 20.2 Å². The Balaban J connectivity index is 1.59. The molecule has 1 fully saturated rings. The number of aliphatic imine (C=N–C) groups is 1. The van der Waals surface area contributed by atoms with Gasteiger partial charge in [0, 0.05) is 56.0 Å². The van der Waals surface area contributed by atoms with E-state index in [1.807, 2.05) is 6.07 Å². The molecule has 28 heavy (non-hydrogen) atoms. The molecule has 2 aliphatic heterocycles. The number of nitro groups is 2. The lowest BCUT2D eigenvalue weighted by atomic mass is 10.0. The number of likely N-dealkylation sites (N-methyl/N-ethyl adjacent to an activating group) is 1. The fourth-order valence-corrected chi connectivity index (χ4v) is 3.62. The van der Waals surface area contributed by atoms with Gasteiger partial charge in [0.15, 0.2) is 0 Å². The number of hydrogen-bond donors (Lipinski definition) is 0. The minimum absolute atomic E-state index is 0.512. The number of rotatable bonds is 4. The lowest BCUT2D eigenvalue weighted by molar-refractivity contribution is -0.422. The molecule has 0 aromatic heterocycles. The van der Waals surface area contributed by atoms with Gasteiger partial charge in [-0.15, -0.1) is 0 Å². The molecule has 2 aromatic carbocycles. The molecule has 0 N–H and O–H groups in total. The van der Waals surface area contributed by atoms with Crippen molar-refractivity contribution in [2.24, 2.45) is 4.99 Å². The summed E-state index contributed by atoms with van der Waals surface area (Å²) in [4.78, 5) is 30.0. The highest BCUT2D eigenvalue weighted by molar-refractivity contribution is 6.07. The molecular weight excluding hydrogens is 362 g/mol. The second kappa shape index (κ2) is 7.01. The third-order valence-corrected chi connectivity index (χ3v) is 5.25. The van der Waals surface area contributed by atoms with Gasteiger partial charge in [-0.3, -0.25) is 25.2 Å². The van der Waals surface area contributed by atoms with Gasteiger partial charge in [0.1, 0.15) is 0 Å². The van der Waals surface area contributed by atoms with E-state index < -0.39 is 21.2 Å². The standard InChI is InChI=1S/C19H19N5O4/c1-21-6-8-22(9-7-21)15-3-4-16-14(10-15)11-17(20-16)13-2-5-18(23(25)26)19(12-13)24(27)28/h2-5,10,12H,6-9,11H2,1H3. The summed E-state index contributed by atoms with van der Waals surface area (Å²) >= 11 is 0. The Hall–Kier alpha value is -3.33. The first kappa shape index (κ1) is 18.1. The van der Waals surface area contributed by atoms with Crippen LogP contribution < -0.4 is 4.90 Å². The normalized spacial score (nSPS) is 16.6. The van der Waals surface area contributed by atoms with Crippen molar-refractivity contribution in [3.8, 4) is 0 Å². The summed E-state index contributed by atoms with van der Waals surface area (Å²) in [5.41, 5.74) is 3.25. The van der Waals surface area contributed by atoms with E-state index in [0.29, 0.717) is 17.7 Å². The summed E-state index contributed by atoms with van der Waals surface area (Å²) in [6.45, 7) is 3.98. The molecule has 0 radical (unpaired) electrons. The third kappa shape index (κ3) is 3.31. The van der Waals surface area contributed by atoms with Crippen LogP contribution in [0.25, 0.3) is 0 Å².